The predicted octanol–water partition coefficient (Wildman–Crippen LogP) is 4.00. The maximum absolute atomic E-state index is 4.48. The van der Waals surface area contributed by atoms with E-state index in [4.69, 9.17) is 0 Å². The Kier molecular flexibility index (Phi) is 4.50. The third-order valence-electron chi connectivity index (χ3n) is 2.91. The van der Waals surface area contributed by atoms with Gasteiger partial charge < -0.3 is 5.32 Å². The Labute approximate surface area is 117 Å². The fourth-order valence-electron chi connectivity index (χ4n) is 1.82. The lowest BCUT2D eigenvalue weighted by atomic mass is 10.1. The van der Waals surface area contributed by atoms with Crippen molar-refractivity contribution in [3.05, 3.63) is 63.9 Å². The zero-order valence-corrected chi connectivity index (χ0v) is 12.2. The average Bonchev–Trinajstić information content (AvgIpc) is 2.37. The number of rotatable bonds is 4. The summed E-state index contributed by atoms with van der Waals surface area (Å²) in [5, 5.41) is 3.48. The minimum Gasteiger partial charge on any atom is -0.305 e. The maximum atomic E-state index is 4.48. The van der Waals surface area contributed by atoms with E-state index in [1.54, 1.807) is 0 Å². The van der Waals surface area contributed by atoms with Crippen LogP contribution in [0, 0.1) is 6.92 Å². The smallest absolute Gasteiger partial charge is 0.0545 e. The minimum atomic E-state index is 0.320. The molecule has 2 rings (SSSR count). The highest BCUT2D eigenvalue weighted by Crippen LogP contribution is 2.16. The summed E-state index contributed by atoms with van der Waals surface area (Å²) < 4.78 is 1.11. The number of hydrogen-bond donors (Lipinski definition) is 1. The first-order chi connectivity index (χ1) is 8.65. The van der Waals surface area contributed by atoms with Gasteiger partial charge in [-0.15, -0.1) is 0 Å². The molecule has 0 bridgehead atoms. The van der Waals surface area contributed by atoms with E-state index in [-0.39, 0.29) is 0 Å². The number of aromatic nitrogens is 1. The molecule has 2 aromatic rings. The molecule has 0 aliphatic rings. The van der Waals surface area contributed by atoms with Gasteiger partial charge in [0.05, 0.1) is 5.69 Å². The molecule has 0 aliphatic heterocycles. The summed E-state index contributed by atoms with van der Waals surface area (Å²) in [6.45, 7) is 4.97. The third kappa shape index (κ3) is 3.65. The van der Waals surface area contributed by atoms with Gasteiger partial charge in [-0.3, -0.25) is 4.98 Å². The highest BCUT2D eigenvalue weighted by Gasteiger charge is 2.04. The summed E-state index contributed by atoms with van der Waals surface area (Å²) >= 11 is 3.45. The van der Waals surface area contributed by atoms with E-state index in [1.165, 1.54) is 5.56 Å². The molecule has 18 heavy (non-hydrogen) atoms. The molecule has 0 amide bonds. The summed E-state index contributed by atoms with van der Waals surface area (Å²) in [5.74, 6) is 0. The average molecular weight is 305 g/mol. The normalized spacial score (nSPS) is 12.4. The fraction of sp³-hybridized carbons (Fsp3) is 0.267. The van der Waals surface area contributed by atoms with Gasteiger partial charge in [0.15, 0.2) is 0 Å². The van der Waals surface area contributed by atoms with E-state index < -0.39 is 0 Å². The van der Waals surface area contributed by atoms with Crippen LogP contribution in [0.2, 0.25) is 0 Å². The van der Waals surface area contributed by atoms with Crippen LogP contribution in [0.3, 0.4) is 0 Å². The zero-order valence-electron chi connectivity index (χ0n) is 10.7. The highest BCUT2D eigenvalue weighted by atomic mass is 79.9. The quantitative estimate of drug-likeness (QED) is 0.923. The lowest BCUT2D eigenvalue weighted by molar-refractivity contribution is 0.567. The third-order valence-corrected chi connectivity index (χ3v) is 3.43. The van der Waals surface area contributed by atoms with Crippen molar-refractivity contribution in [2.24, 2.45) is 0 Å². The van der Waals surface area contributed by atoms with E-state index in [0.29, 0.717) is 6.04 Å². The Hall–Kier alpha value is -1.19. The molecule has 1 atom stereocenters. The van der Waals surface area contributed by atoms with Gasteiger partial charge in [0.25, 0.3) is 0 Å². The summed E-state index contributed by atoms with van der Waals surface area (Å²) in [6, 6.07) is 14.8. The van der Waals surface area contributed by atoms with Crippen molar-refractivity contribution in [2.75, 3.05) is 0 Å². The zero-order chi connectivity index (χ0) is 13.0. The molecule has 0 radical (unpaired) electrons. The Balaban J connectivity index is 1.96. The molecule has 94 valence electrons. The number of nitrogens with one attached hydrogen (secondary N) is 1. The van der Waals surface area contributed by atoms with Crippen LogP contribution in [0.4, 0.5) is 0 Å². The summed E-state index contributed by atoms with van der Waals surface area (Å²) in [7, 11) is 0. The monoisotopic (exact) mass is 304 g/mol. The van der Waals surface area contributed by atoms with E-state index >= 15 is 0 Å². The highest BCUT2D eigenvalue weighted by molar-refractivity contribution is 9.10. The summed E-state index contributed by atoms with van der Waals surface area (Å²) in [6.07, 6.45) is 0. The fourth-order valence-corrected chi connectivity index (χ4v) is 2.09. The van der Waals surface area contributed by atoms with E-state index in [1.807, 2.05) is 25.1 Å². The second kappa shape index (κ2) is 6.12. The number of pyridine rings is 1. The van der Waals surface area contributed by atoms with Crippen LogP contribution in [0.15, 0.2) is 46.9 Å². The topological polar surface area (TPSA) is 24.9 Å². The number of benzene rings is 1. The van der Waals surface area contributed by atoms with E-state index in [9.17, 15) is 0 Å². The first kappa shape index (κ1) is 13.2. The maximum Gasteiger partial charge on any atom is 0.0545 e. The van der Waals surface area contributed by atoms with Crippen molar-refractivity contribution in [2.45, 2.75) is 26.4 Å². The van der Waals surface area contributed by atoms with Crippen LogP contribution in [-0.2, 0) is 6.54 Å². The predicted molar refractivity (Wildman–Crippen MR) is 78.4 cm³/mol. The van der Waals surface area contributed by atoms with Crippen molar-refractivity contribution in [1.82, 2.24) is 10.3 Å². The van der Waals surface area contributed by atoms with Crippen LogP contribution in [-0.4, -0.2) is 4.98 Å². The van der Waals surface area contributed by atoms with Crippen molar-refractivity contribution in [1.29, 1.82) is 0 Å². The lowest BCUT2D eigenvalue weighted by Gasteiger charge is -2.14. The molecule has 1 heterocycles. The van der Waals surface area contributed by atoms with E-state index in [2.05, 4.69) is 57.4 Å². The largest absolute Gasteiger partial charge is 0.305 e. The molecule has 0 fully saturated rings. The van der Waals surface area contributed by atoms with Crippen molar-refractivity contribution < 1.29 is 0 Å². The SMILES string of the molecule is Cc1cccc(CN[C@H](C)c2ccc(Br)cc2)n1. The second-order valence-corrected chi connectivity index (χ2v) is 5.34. The lowest BCUT2D eigenvalue weighted by Crippen LogP contribution is -2.18. The van der Waals surface area contributed by atoms with Gasteiger partial charge in [-0.2, -0.15) is 0 Å². The first-order valence-electron chi connectivity index (χ1n) is 6.06. The molecule has 0 unspecified atom stereocenters. The van der Waals surface area contributed by atoms with Crippen molar-refractivity contribution in [3.8, 4) is 0 Å². The first-order valence-corrected chi connectivity index (χ1v) is 6.86. The summed E-state index contributed by atoms with van der Waals surface area (Å²) in [5.41, 5.74) is 3.43. The molecule has 0 saturated heterocycles. The molecule has 2 nitrogen and oxygen atoms in total. The number of aryl methyl sites for hydroxylation is 1. The molecule has 1 N–H and O–H groups in total. The molecule has 0 aliphatic carbocycles. The Morgan fingerprint density at radius 3 is 2.56 bits per heavy atom. The molecule has 0 spiro atoms. The number of hydrogen-bond acceptors (Lipinski definition) is 2. The Morgan fingerprint density at radius 1 is 1.17 bits per heavy atom. The molecular weight excluding hydrogens is 288 g/mol. The van der Waals surface area contributed by atoms with Gasteiger partial charge in [0.2, 0.25) is 0 Å². The molecule has 3 heteroatoms. The van der Waals surface area contributed by atoms with Crippen molar-refractivity contribution in [3.63, 3.8) is 0 Å². The minimum absolute atomic E-state index is 0.320. The molecule has 1 aromatic carbocycles. The Bertz CT molecular complexity index is 508. The number of nitrogens with zero attached hydrogens (tertiary/aromatic N) is 1. The van der Waals surface area contributed by atoms with Crippen LogP contribution in [0.1, 0.15) is 29.9 Å². The number of halogens is 1. The second-order valence-electron chi connectivity index (χ2n) is 4.42. The van der Waals surface area contributed by atoms with E-state index in [0.717, 1.165) is 22.4 Å². The van der Waals surface area contributed by atoms with Gasteiger partial charge in [0, 0.05) is 22.8 Å². The van der Waals surface area contributed by atoms with Crippen LogP contribution >= 0.6 is 15.9 Å². The molecule has 1 aromatic heterocycles. The van der Waals surface area contributed by atoms with Crippen LogP contribution in [0.25, 0.3) is 0 Å². The van der Waals surface area contributed by atoms with Gasteiger partial charge in [-0.05, 0) is 43.7 Å². The summed E-state index contributed by atoms with van der Waals surface area (Å²) in [4.78, 5) is 4.48. The molecular formula is C15H17BrN2. The standard InChI is InChI=1S/C15H17BrN2/c1-11-4-3-5-15(18-11)10-17-12(2)13-6-8-14(16)9-7-13/h3-9,12,17H,10H2,1-2H3/t12-/m1/s1. The van der Waals surface area contributed by atoms with Crippen LogP contribution in [0.5, 0.6) is 0 Å². The van der Waals surface area contributed by atoms with Crippen molar-refractivity contribution >= 4 is 15.9 Å². The van der Waals surface area contributed by atoms with Gasteiger partial charge >= 0.3 is 0 Å². The van der Waals surface area contributed by atoms with Gasteiger partial charge in [-0.1, -0.05) is 34.1 Å². The Morgan fingerprint density at radius 2 is 1.89 bits per heavy atom. The van der Waals surface area contributed by atoms with Gasteiger partial charge in [-0.25, -0.2) is 0 Å². The van der Waals surface area contributed by atoms with Crippen LogP contribution < -0.4 is 5.32 Å². The molecule has 0 saturated carbocycles. The van der Waals surface area contributed by atoms with Gasteiger partial charge in [0.1, 0.15) is 0 Å².